The van der Waals surface area contributed by atoms with Crippen molar-refractivity contribution in [1.82, 2.24) is 20.4 Å². The number of carbonyl (C=O) groups excluding carboxylic acids is 1. The van der Waals surface area contributed by atoms with Gasteiger partial charge in [0, 0.05) is 45.3 Å². The number of hydrogen-bond donors (Lipinski definition) is 2. The van der Waals surface area contributed by atoms with Gasteiger partial charge in [-0.15, -0.1) is 0 Å². The van der Waals surface area contributed by atoms with E-state index in [9.17, 15) is 10.1 Å². The molecule has 0 radical (unpaired) electrons. The van der Waals surface area contributed by atoms with Gasteiger partial charge in [-0.3, -0.25) is 14.6 Å². The summed E-state index contributed by atoms with van der Waals surface area (Å²) < 4.78 is 0. The molecule has 6 nitrogen and oxygen atoms in total. The van der Waals surface area contributed by atoms with Crippen LogP contribution in [-0.2, 0) is 4.79 Å². The summed E-state index contributed by atoms with van der Waals surface area (Å²) in [5, 5.41) is 15.4. The van der Waals surface area contributed by atoms with E-state index in [2.05, 4.69) is 26.5 Å². The minimum atomic E-state index is -0.781. The van der Waals surface area contributed by atoms with Gasteiger partial charge in [0.15, 0.2) is 0 Å². The van der Waals surface area contributed by atoms with Crippen molar-refractivity contribution in [2.45, 2.75) is 32.4 Å². The molecular formula is C15H27N5O. The quantitative estimate of drug-likeness (QED) is 0.724. The first-order valence-electron chi connectivity index (χ1n) is 7.84. The molecule has 0 aliphatic carbocycles. The van der Waals surface area contributed by atoms with E-state index >= 15 is 0 Å². The summed E-state index contributed by atoms with van der Waals surface area (Å²) in [5.74, 6) is 0.0425. The van der Waals surface area contributed by atoms with E-state index in [0.717, 1.165) is 39.3 Å². The summed E-state index contributed by atoms with van der Waals surface area (Å²) in [6.45, 7) is 12.2. The monoisotopic (exact) mass is 293 g/mol. The van der Waals surface area contributed by atoms with E-state index in [1.54, 1.807) is 6.92 Å². The van der Waals surface area contributed by atoms with Crippen LogP contribution in [0.5, 0.6) is 0 Å². The summed E-state index contributed by atoms with van der Waals surface area (Å²) in [7, 11) is 0. The summed E-state index contributed by atoms with van der Waals surface area (Å²) in [4.78, 5) is 16.8. The molecular weight excluding hydrogens is 266 g/mol. The molecule has 2 heterocycles. The lowest BCUT2D eigenvalue weighted by molar-refractivity contribution is -0.124. The van der Waals surface area contributed by atoms with Crippen LogP contribution in [-0.4, -0.2) is 73.1 Å². The molecule has 0 spiro atoms. The lowest BCUT2D eigenvalue weighted by atomic mass is 9.90. The molecule has 0 saturated carbocycles. The Bertz CT molecular complexity index is 407. The molecule has 1 unspecified atom stereocenters. The zero-order valence-corrected chi connectivity index (χ0v) is 13.4. The Labute approximate surface area is 127 Å². The molecule has 6 heteroatoms. The van der Waals surface area contributed by atoms with Crippen molar-refractivity contribution in [3.8, 4) is 6.07 Å². The van der Waals surface area contributed by atoms with Gasteiger partial charge in [-0.2, -0.15) is 5.26 Å². The SMILES string of the molecule is CC(C)C(C)(C#N)NC(=O)CN1CCN(C2CNC2)CC1. The summed E-state index contributed by atoms with van der Waals surface area (Å²) >= 11 is 0. The first kappa shape index (κ1) is 16.2. The van der Waals surface area contributed by atoms with Gasteiger partial charge >= 0.3 is 0 Å². The predicted octanol–water partition coefficient (Wildman–Crippen LogP) is -0.370. The maximum absolute atomic E-state index is 12.1. The largest absolute Gasteiger partial charge is 0.337 e. The highest BCUT2D eigenvalue weighted by Crippen LogP contribution is 2.15. The van der Waals surface area contributed by atoms with Crippen LogP contribution in [0, 0.1) is 17.2 Å². The molecule has 1 amide bonds. The highest BCUT2D eigenvalue weighted by molar-refractivity contribution is 5.79. The van der Waals surface area contributed by atoms with Gasteiger partial charge in [0.1, 0.15) is 5.54 Å². The summed E-state index contributed by atoms with van der Waals surface area (Å²) in [5.41, 5.74) is -0.781. The molecule has 0 aromatic carbocycles. The van der Waals surface area contributed by atoms with Crippen LogP contribution in [0.25, 0.3) is 0 Å². The van der Waals surface area contributed by atoms with Crippen molar-refractivity contribution in [2.24, 2.45) is 5.92 Å². The van der Waals surface area contributed by atoms with Gasteiger partial charge in [0.05, 0.1) is 12.6 Å². The van der Waals surface area contributed by atoms with E-state index in [-0.39, 0.29) is 11.8 Å². The first-order valence-corrected chi connectivity index (χ1v) is 7.84. The smallest absolute Gasteiger partial charge is 0.235 e. The van der Waals surface area contributed by atoms with Gasteiger partial charge in [-0.1, -0.05) is 13.8 Å². The minimum absolute atomic E-state index is 0.0495. The molecule has 2 aliphatic heterocycles. The minimum Gasteiger partial charge on any atom is -0.337 e. The Morgan fingerprint density at radius 3 is 2.43 bits per heavy atom. The van der Waals surface area contributed by atoms with Crippen LogP contribution in [0.3, 0.4) is 0 Å². The van der Waals surface area contributed by atoms with Crippen molar-refractivity contribution in [2.75, 3.05) is 45.8 Å². The van der Waals surface area contributed by atoms with E-state index < -0.39 is 5.54 Å². The van der Waals surface area contributed by atoms with Gasteiger partial charge in [-0.05, 0) is 12.8 Å². The zero-order valence-electron chi connectivity index (χ0n) is 13.4. The van der Waals surface area contributed by atoms with Crippen LogP contribution in [0.2, 0.25) is 0 Å². The molecule has 1 atom stereocenters. The highest BCUT2D eigenvalue weighted by atomic mass is 16.2. The lowest BCUT2D eigenvalue weighted by Gasteiger charge is -2.43. The Kier molecular flexibility index (Phi) is 5.20. The Morgan fingerprint density at radius 2 is 2.00 bits per heavy atom. The lowest BCUT2D eigenvalue weighted by Crippen LogP contribution is -2.62. The van der Waals surface area contributed by atoms with Crippen LogP contribution in [0.4, 0.5) is 0 Å². The average molecular weight is 293 g/mol. The highest BCUT2D eigenvalue weighted by Gasteiger charge is 2.32. The molecule has 2 rings (SSSR count). The second-order valence-electron chi connectivity index (χ2n) is 6.64. The molecule has 0 aromatic rings. The van der Waals surface area contributed by atoms with Gasteiger partial charge in [-0.25, -0.2) is 0 Å². The topological polar surface area (TPSA) is 71.4 Å². The van der Waals surface area contributed by atoms with E-state index in [1.165, 1.54) is 0 Å². The number of piperazine rings is 1. The van der Waals surface area contributed by atoms with E-state index in [1.807, 2.05) is 13.8 Å². The fraction of sp³-hybridized carbons (Fsp3) is 0.867. The van der Waals surface area contributed by atoms with Gasteiger partial charge in [0.25, 0.3) is 0 Å². The molecule has 2 N–H and O–H groups in total. The number of hydrogen-bond acceptors (Lipinski definition) is 5. The number of carbonyl (C=O) groups is 1. The maximum atomic E-state index is 12.1. The molecule has 21 heavy (non-hydrogen) atoms. The first-order chi connectivity index (χ1) is 9.94. The Balaban J connectivity index is 1.75. The van der Waals surface area contributed by atoms with Crippen LogP contribution < -0.4 is 10.6 Å². The third kappa shape index (κ3) is 3.94. The van der Waals surface area contributed by atoms with Crippen molar-refractivity contribution in [1.29, 1.82) is 5.26 Å². The summed E-state index contributed by atoms with van der Waals surface area (Å²) in [6, 6.07) is 2.90. The van der Waals surface area contributed by atoms with Crippen LogP contribution in [0.1, 0.15) is 20.8 Å². The van der Waals surface area contributed by atoms with Crippen molar-refractivity contribution < 1.29 is 4.79 Å². The summed E-state index contributed by atoms with van der Waals surface area (Å²) in [6.07, 6.45) is 0. The van der Waals surface area contributed by atoms with Crippen molar-refractivity contribution in [3.05, 3.63) is 0 Å². The molecule has 2 aliphatic rings. The van der Waals surface area contributed by atoms with Crippen LogP contribution in [0.15, 0.2) is 0 Å². The van der Waals surface area contributed by atoms with E-state index in [0.29, 0.717) is 12.6 Å². The van der Waals surface area contributed by atoms with E-state index in [4.69, 9.17) is 0 Å². The number of nitrogens with zero attached hydrogens (tertiary/aromatic N) is 3. The molecule has 0 aromatic heterocycles. The normalized spacial score (nSPS) is 24.1. The van der Waals surface area contributed by atoms with Gasteiger partial charge < -0.3 is 10.6 Å². The predicted molar refractivity (Wildman–Crippen MR) is 81.7 cm³/mol. The maximum Gasteiger partial charge on any atom is 0.235 e. The molecule has 2 saturated heterocycles. The number of rotatable bonds is 5. The second-order valence-corrected chi connectivity index (χ2v) is 6.64. The Morgan fingerprint density at radius 1 is 1.38 bits per heavy atom. The molecule has 118 valence electrons. The third-order valence-electron chi connectivity index (χ3n) is 4.84. The van der Waals surface area contributed by atoms with Crippen LogP contribution >= 0.6 is 0 Å². The molecule has 0 bridgehead atoms. The van der Waals surface area contributed by atoms with Gasteiger partial charge in [0.2, 0.25) is 5.91 Å². The zero-order chi connectivity index (χ0) is 15.5. The fourth-order valence-electron chi connectivity index (χ4n) is 2.65. The number of nitriles is 1. The number of nitrogens with one attached hydrogen (secondary N) is 2. The average Bonchev–Trinajstić information content (AvgIpc) is 2.38. The third-order valence-corrected chi connectivity index (χ3v) is 4.84. The Hall–Kier alpha value is -1.16. The van der Waals surface area contributed by atoms with Crippen molar-refractivity contribution >= 4 is 5.91 Å². The second kappa shape index (κ2) is 6.73. The molecule has 2 fully saturated rings. The standard InChI is InChI=1S/C15H27N5O/c1-12(2)15(3,11-16)18-14(21)10-19-4-6-20(7-5-19)13-8-17-9-13/h12-13,17H,4-10H2,1-3H3,(H,18,21). The fourth-order valence-corrected chi connectivity index (χ4v) is 2.65. The van der Waals surface area contributed by atoms with Crippen molar-refractivity contribution in [3.63, 3.8) is 0 Å². The number of amides is 1.